The van der Waals surface area contributed by atoms with Crippen LogP contribution in [0.4, 0.5) is 5.95 Å². The number of ketones is 1. The van der Waals surface area contributed by atoms with Crippen molar-refractivity contribution in [2.75, 3.05) is 18.4 Å². The number of hydrogen-bond acceptors (Lipinski definition) is 4. The van der Waals surface area contributed by atoms with Crippen molar-refractivity contribution in [3.05, 3.63) is 90.1 Å². The second-order valence-electron chi connectivity index (χ2n) is 8.78. The smallest absolute Gasteiger partial charge is 0.257 e. The summed E-state index contributed by atoms with van der Waals surface area (Å²) in [6.45, 7) is 2.40. The SMILES string of the molecule is O=C1CCN(Cc2ccc(C(=O)Nc3nc(-c4ccccc4)cn3C3=CC=CCC3)cc2)CC1. The van der Waals surface area contributed by atoms with Gasteiger partial charge in [-0.15, -0.1) is 0 Å². The van der Waals surface area contributed by atoms with Gasteiger partial charge in [-0.1, -0.05) is 54.6 Å². The van der Waals surface area contributed by atoms with Crippen molar-refractivity contribution in [3.63, 3.8) is 0 Å². The maximum atomic E-state index is 13.1. The van der Waals surface area contributed by atoms with Crippen molar-refractivity contribution in [1.29, 1.82) is 0 Å². The number of rotatable bonds is 6. The summed E-state index contributed by atoms with van der Waals surface area (Å²) in [7, 11) is 0. The number of benzene rings is 2. The zero-order valence-electron chi connectivity index (χ0n) is 19.1. The molecule has 1 amide bonds. The van der Waals surface area contributed by atoms with Gasteiger partial charge in [0.25, 0.3) is 5.91 Å². The predicted molar refractivity (Wildman–Crippen MR) is 134 cm³/mol. The standard InChI is InChI=1S/C28H28N4O2/c33-25-15-17-31(18-16-25)19-21-11-13-23(14-12-21)27(34)30-28-29-26(22-7-3-1-4-8-22)20-32(28)24-9-5-2-6-10-24/h1-5,7-9,11-14,20H,6,10,15-19H2,(H,29,30,34). The van der Waals surface area contributed by atoms with E-state index in [0.29, 0.717) is 30.1 Å². The van der Waals surface area contributed by atoms with Crippen LogP contribution in [0.5, 0.6) is 0 Å². The van der Waals surface area contributed by atoms with Gasteiger partial charge >= 0.3 is 0 Å². The number of likely N-dealkylation sites (tertiary alicyclic amines) is 1. The molecule has 3 aromatic rings. The van der Waals surface area contributed by atoms with Crippen LogP contribution in [-0.2, 0) is 11.3 Å². The highest BCUT2D eigenvalue weighted by molar-refractivity contribution is 6.03. The molecular weight excluding hydrogens is 424 g/mol. The topological polar surface area (TPSA) is 67.2 Å². The average molecular weight is 453 g/mol. The molecule has 0 saturated carbocycles. The Balaban J connectivity index is 1.33. The molecular formula is C28H28N4O2. The van der Waals surface area contributed by atoms with Crippen LogP contribution < -0.4 is 5.32 Å². The van der Waals surface area contributed by atoms with Crippen LogP contribution in [0, 0.1) is 0 Å². The summed E-state index contributed by atoms with van der Waals surface area (Å²) in [6.07, 6.45) is 11.4. The number of amides is 1. The molecule has 1 aromatic heterocycles. The minimum atomic E-state index is -0.187. The Bertz CT molecular complexity index is 1230. The second-order valence-corrected chi connectivity index (χ2v) is 8.78. The Morgan fingerprint density at radius 2 is 1.74 bits per heavy atom. The fourth-order valence-corrected chi connectivity index (χ4v) is 4.38. The third-order valence-corrected chi connectivity index (χ3v) is 6.34. The summed E-state index contributed by atoms with van der Waals surface area (Å²) in [5.41, 5.74) is 4.65. The van der Waals surface area contributed by atoms with Crippen LogP contribution >= 0.6 is 0 Å². The monoisotopic (exact) mass is 452 g/mol. The number of nitrogens with zero attached hydrogens (tertiary/aromatic N) is 3. The minimum absolute atomic E-state index is 0.187. The van der Waals surface area contributed by atoms with Crippen LogP contribution in [0.15, 0.2) is 79.0 Å². The number of allylic oxidation sites excluding steroid dienone is 4. The Hall–Kier alpha value is -3.77. The van der Waals surface area contributed by atoms with Crippen molar-refractivity contribution in [3.8, 4) is 11.3 Å². The van der Waals surface area contributed by atoms with Gasteiger partial charge in [0.2, 0.25) is 5.95 Å². The molecule has 2 heterocycles. The second kappa shape index (κ2) is 10.0. The molecule has 6 heteroatoms. The number of hydrogen-bond donors (Lipinski definition) is 1. The lowest BCUT2D eigenvalue weighted by atomic mass is 10.1. The van der Waals surface area contributed by atoms with E-state index in [9.17, 15) is 9.59 Å². The highest BCUT2D eigenvalue weighted by atomic mass is 16.1. The van der Waals surface area contributed by atoms with Crippen LogP contribution in [0.25, 0.3) is 17.0 Å². The molecule has 1 aliphatic carbocycles. The predicted octanol–water partition coefficient (Wildman–Crippen LogP) is 5.16. The van der Waals surface area contributed by atoms with Crippen LogP contribution in [-0.4, -0.2) is 39.2 Å². The number of aromatic nitrogens is 2. The highest BCUT2D eigenvalue weighted by Gasteiger charge is 2.18. The summed E-state index contributed by atoms with van der Waals surface area (Å²) in [4.78, 5) is 31.6. The maximum absolute atomic E-state index is 13.1. The quantitative estimate of drug-likeness (QED) is 0.561. The summed E-state index contributed by atoms with van der Waals surface area (Å²) in [6, 6.07) is 17.7. The molecule has 5 rings (SSSR count). The van der Waals surface area contributed by atoms with Gasteiger partial charge in [0.15, 0.2) is 0 Å². The largest absolute Gasteiger partial charge is 0.300 e. The molecule has 34 heavy (non-hydrogen) atoms. The first-order valence-corrected chi connectivity index (χ1v) is 11.8. The van der Waals surface area contributed by atoms with Crippen molar-refractivity contribution in [2.24, 2.45) is 0 Å². The van der Waals surface area contributed by atoms with Crippen molar-refractivity contribution in [2.45, 2.75) is 32.2 Å². The van der Waals surface area contributed by atoms with Crippen molar-refractivity contribution in [1.82, 2.24) is 14.5 Å². The zero-order valence-corrected chi connectivity index (χ0v) is 19.1. The molecule has 2 aromatic carbocycles. The fraction of sp³-hybridized carbons (Fsp3) is 0.250. The number of piperidine rings is 1. The molecule has 0 atom stereocenters. The van der Waals surface area contributed by atoms with E-state index >= 15 is 0 Å². The maximum Gasteiger partial charge on any atom is 0.257 e. The third kappa shape index (κ3) is 5.07. The number of carbonyl (C=O) groups is 2. The van der Waals surface area contributed by atoms with E-state index in [1.165, 1.54) is 0 Å². The van der Waals surface area contributed by atoms with Gasteiger partial charge in [0, 0.05) is 55.5 Å². The van der Waals surface area contributed by atoms with Gasteiger partial charge in [-0.05, 0) is 36.6 Å². The number of carbonyl (C=O) groups excluding carboxylic acids is 2. The van der Waals surface area contributed by atoms with E-state index in [2.05, 4.69) is 22.4 Å². The molecule has 1 N–H and O–H groups in total. The molecule has 0 spiro atoms. The molecule has 1 fully saturated rings. The molecule has 1 aliphatic heterocycles. The van der Waals surface area contributed by atoms with E-state index in [4.69, 9.17) is 4.98 Å². The minimum Gasteiger partial charge on any atom is -0.300 e. The Morgan fingerprint density at radius 3 is 2.44 bits per heavy atom. The summed E-state index contributed by atoms with van der Waals surface area (Å²) in [5.74, 6) is 0.679. The molecule has 0 unspecified atom stereocenters. The lowest BCUT2D eigenvalue weighted by Gasteiger charge is -2.25. The Kier molecular flexibility index (Phi) is 6.49. The Labute approximate surface area is 199 Å². The molecule has 1 saturated heterocycles. The summed E-state index contributed by atoms with van der Waals surface area (Å²) < 4.78 is 1.98. The number of nitrogens with one attached hydrogen (secondary N) is 1. The first-order valence-electron chi connectivity index (χ1n) is 11.8. The summed E-state index contributed by atoms with van der Waals surface area (Å²) >= 11 is 0. The van der Waals surface area contributed by atoms with E-state index in [1.807, 2.05) is 71.4 Å². The first-order chi connectivity index (χ1) is 16.7. The van der Waals surface area contributed by atoms with Gasteiger partial charge in [-0.2, -0.15) is 0 Å². The number of anilines is 1. The van der Waals surface area contributed by atoms with Crippen molar-refractivity contribution < 1.29 is 9.59 Å². The van der Waals surface area contributed by atoms with Gasteiger partial charge < -0.3 is 0 Å². The molecule has 0 bridgehead atoms. The lowest BCUT2D eigenvalue weighted by Crippen LogP contribution is -2.33. The molecule has 0 radical (unpaired) electrons. The highest BCUT2D eigenvalue weighted by Crippen LogP contribution is 2.27. The van der Waals surface area contributed by atoms with Crippen LogP contribution in [0.2, 0.25) is 0 Å². The lowest BCUT2D eigenvalue weighted by molar-refractivity contribution is -0.121. The van der Waals surface area contributed by atoms with Gasteiger partial charge in [0.1, 0.15) is 5.78 Å². The van der Waals surface area contributed by atoms with E-state index in [1.54, 1.807) is 0 Å². The summed E-state index contributed by atoms with van der Waals surface area (Å²) in [5, 5.41) is 3.02. The van der Waals surface area contributed by atoms with E-state index in [-0.39, 0.29) is 5.91 Å². The molecule has 6 nitrogen and oxygen atoms in total. The van der Waals surface area contributed by atoms with Crippen molar-refractivity contribution >= 4 is 23.3 Å². The third-order valence-electron chi connectivity index (χ3n) is 6.34. The number of Topliss-reactive ketones (excluding diaryl/α,β-unsaturated/α-hetero) is 1. The zero-order chi connectivity index (χ0) is 23.3. The van der Waals surface area contributed by atoms with Crippen LogP contribution in [0.1, 0.15) is 41.6 Å². The average Bonchev–Trinajstić information content (AvgIpc) is 3.31. The normalized spacial score (nSPS) is 16.4. The number of imidazole rings is 1. The first kappa shape index (κ1) is 22.0. The van der Waals surface area contributed by atoms with Gasteiger partial charge in [-0.3, -0.25) is 24.4 Å². The van der Waals surface area contributed by atoms with Crippen LogP contribution in [0.3, 0.4) is 0 Å². The van der Waals surface area contributed by atoms with Gasteiger partial charge in [-0.25, -0.2) is 4.98 Å². The van der Waals surface area contributed by atoms with E-state index in [0.717, 1.165) is 55.0 Å². The Morgan fingerprint density at radius 1 is 0.971 bits per heavy atom. The fourth-order valence-electron chi connectivity index (χ4n) is 4.38. The van der Waals surface area contributed by atoms with Gasteiger partial charge in [0.05, 0.1) is 5.69 Å². The molecule has 172 valence electrons. The molecule has 2 aliphatic rings. The van der Waals surface area contributed by atoms with E-state index < -0.39 is 0 Å².